The highest BCUT2D eigenvalue weighted by atomic mass is 16.7. The first kappa shape index (κ1) is 16.8. The highest BCUT2D eigenvalue weighted by Gasteiger charge is 2.59. The summed E-state index contributed by atoms with van der Waals surface area (Å²) >= 11 is 0. The van der Waals surface area contributed by atoms with Crippen LogP contribution in [0.4, 0.5) is 0 Å². The van der Waals surface area contributed by atoms with Gasteiger partial charge in [-0.3, -0.25) is 0 Å². The first-order valence-electron chi connectivity index (χ1n) is 11.0. The van der Waals surface area contributed by atoms with E-state index in [1.165, 1.54) is 44.9 Å². The zero-order valence-electron chi connectivity index (χ0n) is 16.5. The number of ether oxygens (including phenoxy) is 2. The lowest BCUT2D eigenvalue weighted by Gasteiger charge is -2.59. The zero-order valence-corrected chi connectivity index (χ0v) is 16.5. The van der Waals surface area contributed by atoms with E-state index in [-0.39, 0.29) is 5.79 Å². The predicted octanol–water partition coefficient (Wildman–Crippen LogP) is 5.72. The lowest BCUT2D eigenvalue weighted by Crippen LogP contribution is -2.52. The molecule has 140 valence electrons. The Balaban J connectivity index is 1.44. The first-order valence-corrected chi connectivity index (χ1v) is 11.0. The molecule has 0 amide bonds. The quantitative estimate of drug-likeness (QED) is 0.567. The van der Waals surface area contributed by atoms with Crippen LogP contribution >= 0.6 is 0 Å². The van der Waals surface area contributed by atoms with Crippen molar-refractivity contribution in [2.75, 3.05) is 13.2 Å². The van der Waals surface area contributed by atoms with Gasteiger partial charge in [-0.15, -0.1) is 0 Å². The Kier molecular flexibility index (Phi) is 3.75. The van der Waals surface area contributed by atoms with Crippen molar-refractivity contribution in [2.24, 2.45) is 34.5 Å². The molecule has 2 nitrogen and oxygen atoms in total. The van der Waals surface area contributed by atoms with Gasteiger partial charge in [-0.1, -0.05) is 38.8 Å². The van der Waals surface area contributed by atoms with Crippen LogP contribution in [0.25, 0.3) is 0 Å². The molecule has 3 unspecified atom stereocenters. The third-order valence-electron chi connectivity index (χ3n) is 9.61. The molecule has 5 rings (SSSR count). The van der Waals surface area contributed by atoms with Gasteiger partial charge in [0, 0.05) is 12.8 Å². The largest absolute Gasteiger partial charge is 0.347 e. The van der Waals surface area contributed by atoms with Crippen LogP contribution in [-0.2, 0) is 9.47 Å². The van der Waals surface area contributed by atoms with Gasteiger partial charge >= 0.3 is 0 Å². The Morgan fingerprint density at radius 1 is 1.00 bits per heavy atom. The average molecular weight is 345 g/mol. The minimum Gasteiger partial charge on any atom is -0.347 e. The van der Waals surface area contributed by atoms with Crippen LogP contribution in [0.15, 0.2) is 11.6 Å². The van der Waals surface area contributed by atoms with E-state index in [9.17, 15) is 0 Å². The van der Waals surface area contributed by atoms with Crippen LogP contribution in [0, 0.1) is 34.5 Å². The van der Waals surface area contributed by atoms with Crippen LogP contribution in [0.3, 0.4) is 0 Å². The summed E-state index contributed by atoms with van der Waals surface area (Å²) in [5.41, 5.74) is 2.72. The molecule has 0 aromatic heterocycles. The molecular formula is C23H36O2. The molecule has 0 radical (unpaired) electrons. The molecule has 4 fully saturated rings. The summed E-state index contributed by atoms with van der Waals surface area (Å²) in [4.78, 5) is 0. The topological polar surface area (TPSA) is 18.5 Å². The number of hydrogen-bond acceptors (Lipinski definition) is 2. The zero-order chi connectivity index (χ0) is 17.3. The maximum Gasteiger partial charge on any atom is 0.172 e. The Morgan fingerprint density at radius 2 is 1.80 bits per heavy atom. The fraction of sp³-hybridized carbons (Fsp3) is 0.913. The van der Waals surface area contributed by atoms with Gasteiger partial charge in [0.1, 0.15) is 0 Å². The smallest absolute Gasteiger partial charge is 0.172 e. The van der Waals surface area contributed by atoms with Crippen molar-refractivity contribution in [2.45, 2.75) is 84.3 Å². The normalized spacial score (nSPS) is 50.9. The molecule has 25 heavy (non-hydrogen) atoms. The Hall–Kier alpha value is -0.340. The van der Waals surface area contributed by atoms with Crippen molar-refractivity contribution in [1.29, 1.82) is 0 Å². The molecule has 1 heterocycles. The van der Waals surface area contributed by atoms with Crippen molar-refractivity contribution >= 4 is 0 Å². The predicted molar refractivity (Wildman–Crippen MR) is 100 cm³/mol. The van der Waals surface area contributed by atoms with E-state index in [2.05, 4.69) is 26.8 Å². The minimum absolute atomic E-state index is 0.262. The summed E-state index contributed by atoms with van der Waals surface area (Å²) in [5.74, 6) is 3.53. The van der Waals surface area contributed by atoms with Gasteiger partial charge in [0.15, 0.2) is 5.79 Å². The van der Waals surface area contributed by atoms with Crippen LogP contribution in [0.5, 0.6) is 0 Å². The third-order valence-corrected chi connectivity index (χ3v) is 9.61. The molecule has 0 aromatic carbocycles. The van der Waals surface area contributed by atoms with Gasteiger partial charge in [-0.2, -0.15) is 0 Å². The monoisotopic (exact) mass is 344 g/mol. The lowest BCUT2D eigenvalue weighted by molar-refractivity contribution is -0.185. The van der Waals surface area contributed by atoms with Crippen LogP contribution in [-0.4, -0.2) is 19.0 Å². The van der Waals surface area contributed by atoms with Crippen LogP contribution < -0.4 is 0 Å². The average Bonchev–Trinajstić information content (AvgIpc) is 3.19. The fourth-order valence-corrected chi connectivity index (χ4v) is 8.13. The fourth-order valence-electron chi connectivity index (χ4n) is 8.13. The molecule has 1 aliphatic heterocycles. The molecule has 4 aliphatic carbocycles. The molecule has 0 aromatic rings. The van der Waals surface area contributed by atoms with E-state index in [4.69, 9.17) is 9.47 Å². The number of fused-ring (bicyclic) bond motifs is 5. The van der Waals surface area contributed by atoms with E-state index >= 15 is 0 Å². The summed E-state index contributed by atoms with van der Waals surface area (Å²) < 4.78 is 12.1. The highest BCUT2D eigenvalue weighted by molar-refractivity contribution is 5.26. The summed E-state index contributed by atoms with van der Waals surface area (Å²) in [5, 5.41) is 0. The molecule has 1 saturated heterocycles. The lowest BCUT2D eigenvalue weighted by atomic mass is 9.47. The second-order valence-electron chi connectivity index (χ2n) is 10.3. The van der Waals surface area contributed by atoms with Gasteiger partial charge in [0.25, 0.3) is 0 Å². The Morgan fingerprint density at radius 3 is 2.56 bits per heavy atom. The van der Waals surface area contributed by atoms with E-state index in [1.54, 1.807) is 5.57 Å². The molecule has 2 heteroatoms. The second-order valence-corrected chi connectivity index (χ2v) is 10.3. The van der Waals surface area contributed by atoms with Gasteiger partial charge in [-0.05, 0) is 73.0 Å². The SMILES string of the molecule is CC[C@H]1CCC2C3CC=C4CC5(CC[C@]4(C)C3CC[C@@]21C)OCCO5. The number of rotatable bonds is 1. The summed E-state index contributed by atoms with van der Waals surface area (Å²) in [7, 11) is 0. The second kappa shape index (κ2) is 5.58. The summed E-state index contributed by atoms with van der Waals surface area (Å²) in [6.45, 7) is 9.23. The van der Waals surface area contributed by atoms with Crippen molar-refractivity contribution in [1.82, 2.24) is 0 Å². The van der Waals surface area contributed by atoms with Crippen molar-refractivity contribution in [3.8, 4) is 0 Å². The highest BCUT2D eigenvalue weighted by Crippen LogP contribution is 2.67. The maximum absolute atomic E-state index is 6.06. The van der Waals surface area contributed by atoms with Gasteiger partial charge < -0.3 is 9.47 Å². The van der Waals surface area contributed by atoms with E-state index < -0.39 is 0 Å². The number of allylic oxidation sites excluding steroid dienone is 1. The van der Waals surface area contributed by atoms with Crippen LogP contribution in [0.1, 0.15) is 78.6 Å². The standard InChI is InChI=1S/C23H36O2/c1-4-16-6-8-19-18-7-5-17-15-23(24-13-14-25-23)12-11-22(17,3)20(18)9-10-21(16,19)2/h5,16,18-20H,4,6-15H2,1-3H3/t16-,18?,19?,20?,21+,22-/m0/s1. The third kappa shape index (κ3) is 2.22. The minimum atomic E-state index is -0.262. The maximum atomic E-state index is 6.06. The van der Waals surface area contributed by atoms with E-state index in [1.807, 2.05) is 0 Å². The molecule has 5 aliphatic rings. The Bertz CT molecular complexity index is 575. The van der Waals surface area contributed by atoms with Gasteiger partial charge in [-0.25, -0.2) is 0 Å². The molecule has 0 bridgehead atoms. The molecule has 3 saturated carbocycles. The van der Waals surface area contributed by atoms with Gasteiger partial charge in [0.05, 0.1) is 13.2 Å². The first-order chi connectivity index (χ1) is 12.0. The van der Waals surface area contributed by atoms with E-state index in [0.717, 1.165) is 49.7 Å². The molecule has 6 atom stereocenters. The van der Waals surface area contributed by atoms with Crippen molar-refractivity contribution in [3.63, 3.8) is 0 Å². The van der Waals surface area contributed by atoms with Crippen LogP contribution in [0.2, 0.25) is 0 Å². The summed E-state index contributed by atoms with van der Waals surface area (Å²) in [6.07, 6.45) is 14.6. The van der Waals surface area contributed by atoms with E-state index in [0.29, 0.717) is 10.8 Å². The molecular weight excluding hydrogens is 308 g/mol. The van der Waals surface area contributed by atoms with Crippen molar-refractivity contribution in [3.05, 3.63) is 11.6 Å². The molecule has 1 spiro atoms. The van der Waals surface area contributed by atoms with Crippen molar-refractivity contribution < 1.29 is 9.47 Å². The Labute approximate surface area is 153 Å². The van der Waals surface area contributed by atoms with Gasteiger partial charge in [0.2, 0.25) is 0 Å². The summed E-state index contributed by atoms with van der Waals surface area (Å²) in [6, 6.07) is 0. The number of hydrogen-bond donors (Lipinski definition) is 0. The molecule has 0 N–H and O–H groups in total.